The Morgan fingerprint density at radius 1 is 0.735 bits per heavy atom. The standard InChI is InChI=1S/C49H76O19/c1-21-30(53)32(55)35(58)41(64-21)67-38-25(19-50)65-40(37(60)34(38)57)63-20-26-31(54)33(56)36(59)42(66-26)68-43(61)49-15-14-47(7)22(23(49)17-44(2,3)29(52)18-49)16-24(62-9)39-46(6)12-11-28(51)45(4,5)27(46)10-13-48(39,47)8/h16,21,23-27,30-42,50,53-60H,10-15,17-20H2,1-9H3/t21-,23-,24+,25+,26+,27+,30-,31+,32+,33-,34+,35+,36+,37+,38+,39+,40+,41-,42-,46-,47+,48+,49+/m0/s1. The summed E-state index contributed by atoms with van der Waals surface area (Å²) in [5.74, 6) is -0.905. The van der Waals surface area contributed by atoms with Crippen LogP contribution in [0.5, 0.6) is 0 Å². The van der Waals surface area contributed by atoms with E-state index in [2.05, 4.69) is 40.7 Å². The van der Waals surface area contributed by atoms with Gasteiger partial charge in [0.15, 0.2) is 12.6 Å². The first-order valence-corrected chi connectivity index (χ1v) is 24.5. The highest BCUT2D eigenvalue weighted by Gasteiger charge is 2.72. The fourth-order valence-corrected chi connectivity index (χ4v) is 14.7. The van der Waals surface area contributed by atoms with Gasteiger partial charge in [0.1, 0.15) is 78.7 Å². The number of fused-ring (bicyclic) bond motifs is 7. The van der Waals surface area contributed by atoms with E-state index in [0.717, 1.165) is 24.8 Å². The number of ketones is 2. The zero-order valence-electron chi connectivity index (χ0n) is 40.7. The summed E-state index contributed by atoms with van der Waals surface area (Å²) in [5.41, 5.74) is -2.61. The number of carbonyl (C=O) groups is 3. The van der Waals surface area contributed by atoms with E-state index in [1.165, 1.54) is 6.92 Å². The molecule has 3 saturated heterocycles. The van der Waals surface area contributed by atoms with Crippen LogP contribution in [0.25, 0.3) is 0 Å². The fraction of sp³-hybridized carbons (Fsp3) is 0.898. The summed E-state index contributed by atoms with van der Waals surface area (Å²) in [6.45, 7) is 14.9. The van der Waals surface area contributed by atoms with Crippen molar-refractivity contribution in [3.05, 3.63) is 11.6 Å². The number of methoxy groups -OCH3 is 1. The van der Waals surface area contributed by atoms with Gasteiger partial charge in [0.2, 0.25) is 6.29 Å². The fourth-order valence-electron chi connectivity index (χ4n) is 14.7. The zero-order chi connectivity index (χ0) is 50.0. The van der Waals surface area contributed by atoms with Gasteiger partial charge in [0.25, 0.3) is 0 Å². The molecule has 5 aliphatic carbocycles. The minimum Gasteiger partial charge on any atom is -0.432 e. The van der Waals surface area contributed by atoms with Crippen LogP contribution in [0.3, 0.4) is 0 Å². The maximum atomic E-state index is 15.1. The third kappa shape index (κ3) is 7.91. The molecule has 23 atom stereocenters. The Balaban J connectivity index is 1.01. The topological polar surface area (TPSA) is 298 Å². The van der Waals surface area contributed by atoms with Gasteiger partial charge in [-0.1, -0.05) is 60.1 Å². The molecule has 0 unspecified atom stereocenters. The molecule has 8 aliphatic rings. The number of allylic oxidation sites excluding steroid dienone is 1. The van der Waals surface area contributed by atoms with Gasteiger partial charge in [-0.2, -0.15) is 0 Å². The molecule has 0 aromatic heterocycles. The zero-order valence-corrected chi connectivity index (χ0v) is 40.7. The van der Waals surface area contributed by atoms with Gasteiger partial charge in [-0.25, -0.2) is 0 Å². The summed E-state index contributed by atoms with van der Waals surface area (Å²) in [6, 6.07) is 0. The number of aliphatic hydroxyl groups is 9. The number of hydrogen-bond acceptors (Lipinski definition) is 19. The Kier molecular flexibility index (Phi) is 14.0. The number of rotatable bonds is 9. The van der Waals surface area contributed by atoms with Gasteiger partial charge < -0.3 is 79.1 Å². The maximum Gasteiger partial charge on any atom is 0.315 e. The van der Waals surface area contributed by atoms with Gasteiger partial charge in [-0.15, -0.1) is 0 Å². The Bertz CT molecular complexity index is 1960. The molecule has 7 fully saturated rings. The minimum atomic E-state index is -1.94. The second-order valence-electron chi connectivity index (χ2n) is 23.4. The molecule has 3 aliphatic heterocycles. The van der Waals surface area contributed by atoms with Gasteiger partial charge in [0, 0.05) is 36.7 Å². The molecular weight excluding hydrogens is 893 g/mol. The lowest BCUT2D eigenvalue weighted by Crippen LogP contribution is -2.68. The summed E-state index contributed by atoms with van der Waals surface area (Å²) < 4.78 is 41.0. The molecule has 68 heavy (non-hydrogen) atoms. The predicted molar refractivity (Wildman–Crippen MR) is 234 cm³/mol. The van der Waals surface area contributed by atoms with Crippen LogP contribution < -0.4 is 0 Å². The average molecular weight is 969 g/mol. The average Bonchev–Trinajstić information content (AvgIpc) is 3.28. The number of Topliss-reactive ketones (excluding diaryl/α,β-unsaturated/α-hetero) is 2. The van der Waals surface area contributed by atoms with E-state index in [0.29, 0.717) is 25.0 Å². The van der Waals surface area contributed by atoms with Crippen LogP contribution in [0.1, 0.15) is 107 Å². The monoisotopic (exact) mass is 968 g/mol. The third-order valence-electron chi connectivity index (χ3n) is 19.2. The van der Waals surface area contributed by atoms with E-state index in [1.807, 2.05) is 13.8 Å². The molecule has 9 N–H and O–H groups in total. The van der Waals surface area contributed by atoms with Crippen LogP contribution >= 0.6 is 0 Å². The molecular formula is C49H76O19. The molecule has 0 aromatic rings. The molecule has 19 nitrogen and oxygen atoms in total. The van der Waals surface area contributed by atoms with Gasteiger partial charge in [-0.05, 0) is 73.5 Å². The smallest absolute Gasteiger partial charge is 0.315 e. The van der Waals surface area contributed by atoms with Crippen molar-refractivity contribution in [1.29, 1.82) is 0 Å². The molecule has 4 saturated carbocycles. The van der Waals surface area contributed by atoms with Crippen molar-refractivity contribution in [2.45, 2.75) is 205 Å². The second kappa shape index (κ2) is 18.2. The van der Waals surface area contributed by atoms with Crippen molar-refractivity contribution in [1.82, 2.24) is 0 Å². The summed E-state index contributed by atoms with van der Waals surface area (Å²) >= 11 is 0. The molecule has 386 valence electrons. The summed E-state index contributed by atoms with van der Waals surface area (Å²) in [6.07, 6.45) is -19.1. The molecule has 19 heteroatoms. The van der Waals surface area contributed by atoms with E-state index >= 15 is 4.79 Å². The number of esters is 1. The number of carbonyl (C=O) groups excluding carboxylic acids is 3. The molecule has 0 bridgehead atoms. The van der Waals surface area contributed by atoms with Crippen molar-refractivity contribution < 1.29 is 93.5 Å². The summed E-state index contributed by atoms with van der Waals surface area (Å²) in [7, 11) is 1.71. The minimum absolute atomic E-state index is 0.0583. The van der Waals surface area contributed by atoms with Crippen LogP contribution in [0.15, 0.2) is 11.6 Å². The van der Waals surface area contributed by atoms with Gasteiger partial charge in [0.05, 0.1) is 30.8 Å². The van der Waals surface area contributed by atoms with Crippen molar-refractivity contribution in [2.24, 2.45) is 50.2 Å². The summed E-state index contributed by atoms with van der Waals surface area (Å²) in [5, 5.41) is 96.6. The Morgan fingerprint density at radius 3 is 2.03 bits per heavy atom. The SMILES string of the molecule is CO[C@@H]1C=C2[C@@H]3CC(C)(C)C(=O)C[C@]3(C(=O)O[C@@H]3O[C@H](CO[C@@H]4O[C@H](CO)[C@@H](O[C@@H]5O[C@@H](C)[C@H](O)[C@@H](O)[C@H]5O)[C@H](O)[C@H]4O)[C@@H](O)[C@H](O)[C@H]3O)CC[C@@]2(C)[C@]2(C)CC[C@@H]3C(C)(C)C(=O)CC[C@]3(C)[C@@H]12. The lowest BCUT2D eigenvalue weighted by Gasteiger charge is -2.71. The maximum absolute atomic E-state index is 15.1. The lowest BCUT2D eigenvalue weighted by atomic mass is 9.33. The number of aliphatic hydroxyl groups excluding tert-OH is 9. The lowest BCUT2D eigenvalue weighted by molar-refractivity contribution is -0.361. The first-order valence-electron chi connectivity index (χ1n) is 24.5. The first-order chi connectivity index (χ1) is 31.6. The second-order valence-corrected chi connectivity index (χ2v) is 23.4. The molecule has 0 spiro atoms. The quantitative estimate of drug-likeness (QED) is 0.110. The Labute approximate surface area is 397 Å². The van der Waals surface area contributed by atoms with Crippen LogP contribution in [0, 0.1) is 50.2 Å². The molecule has 8 rings (SSSR count). The normalized spacial score (nSPS) is 52.1. The van der Waals surface area contributed by atoms with Crippen LogP contribution in [-0.2, 0) is 47.5 Å². The van der Waals surface area contributed by atoms with Gasteiger partial charge in [-0.3, -0.25) is 14.4 Å². The molecule has 0 radical (unpaired) electrons. The van der Waals surface area contributed by atoms with Crippen molar-refractivity contribution >= 4 is 17.5 Å². The highest BCUT2D eigenvalue weighted by Crippen LogP contribution is 2.75. The largest absolute Gasteiger partial charge is 0.432 e. The van der Waals surface area contributed by atoms with Crippen LogP contribution in [0.2, 0.25) is 0 Å². The predicted octanol–water partition coefficient (Wildman–Crippen LogP) is 0.180. The number of ether oxygens (including phenoxy) is 7. The van der Waals surface area contributed by atoms with E-state index < -0.39 is 139 Å². The van der Waals surface area contributed by atoms with E-state index in [-0.39, 0.29) is 47.4 Å². The highest BCUT2D eigenvalue weighted by atomic mass is 16.8. The third-order valence-corrected chi connectivity index (χ3v) is 19.2. The van der Waals surface area contributed by atoms with E-state index in [4.69, 9.17) is 33.2 Å². The van der Waals surface area contributed by atoms with Crippen LogP contribution in [-0.4, -0.2) is 182 Å². The summed E-state index contributed by atoms with van der Waals surface area (Å²) in [4.78, 5) is 42.5. The van der Waals surface area contributed by atoms with Crippen molar-refractivity contribution in [3.63, 3.8) is 0 Å². The van der Waals surface area contributed by atoms with Crippen LogP contribution in [0.4, 0.5) is 0 Å². The number of hydrogen-bond donors (Lipinski definition) is 9. The Morgan fingerprint density at radius 2 is 1.37 bits per heavy atom. The van der Waals surface area contributed by atoms with Gasteiger partial charge >= 0.3 is 5.97 Å². The highest BCUT2D eigenvalue weighted by molar-refractivity contribution is 5.93. The van der Waals surface area contributed by atoms with Crippen molar-refractivity contribution in [3.8, 4) is 0 Å². The molecule has 0 amide bonds. The molecule has 0 aromatic carbocycles. The molecule has 3 heterocycles. The van der Waals surface area contributed by atoms with E-state index in [9.17, 15) is 55.5 Å². The Hall–Kier alpha value is -2.05. The van der Waals surface area contributed by atoms with Crippen molar-refractivity contribution in [2.75, 3.05) is 20.3 Å². The van der Waals surface area contributed by atoms with E-state index in [1.54, 1.807) is 7.11 Å². The first kappa shape index (κ1) is 52.3.